The second-order valence-corrected chi connectivity index (χ2v) is 8.37. The molecule has 0 fully saturated rings. The lowest BCUT2D eigenvalue weighted by Crippen LogP contribution is -2.57. The highest BCUT2D eigenvalue weighted by Crippen LogP contribution is 2.07. The molecule has 1 aromatic carbocycles. The Morgan fingerprint density at radius 3 is 2.05 bits per heavy atom. The number of carbonyl (C=O) groups excluding carboxylic acids is 3. The molecular weight excluding hydrogens is 486 g/mol. The number of hydrogen-bond acceptors (Lipinski definition) is 7. The zero-order chi connectivity index (χ0) is 28.0. The van der Waals surface area contributed by atoms with Crippen LogP contribution in [0.1, 0.15) is 38.2 Å². The number of nitrogens with two attached hydrogens (primary N) is 3. The molecule has 0 saturated carbocycles. The van der Waals surface area contributed by atoms with Gasteiger partial charge < -0.3 is 43.4 Å². The van der Waals surface area contributed by atoms with Crippen LogP contribution in [0.15, 0.2) is 35.3 Å². The Balaban J connectivity index is 3.01. The third kappa shape index (κ3) is 12.4. The molecule has 0 aliphatic heterocycles. The summed E-state index contributed by atoms with van der Waals surface area (Å²) in [6, 6.07) is 4.01. The van der Waals surface area contributed by atoms with Crippen LogP contribution < -0.4 is 33.2 Å². The number of carbonyl (C=O) groups is 5. The summed E-state index contributed by atoms with van der Waals surface area (Å²) in [6.07, 6.45) is -0.0517. The number of nitrogens with one attached hydrogen (secondary N) is 3. The molecule has 0 radical (unpaired) electrons. The van der Waals surface area contributed by atoms with Crippen LogP contribution in [0, 0.1) is 0 Å². The Hall–Kier alpha value is -4.20. The van der Waals surface area contributed by atoms with Crippen molar-refractivity contribution in [2.24, 2.45) is 22.2 Å². The first-order valence-electron chi connectivity index (χ1n) is 11.6. The number of rotatable bonds is 16. The second-order valence-electron chi connectivity index (χ2n) is 8.37. The van der Waals surface area contributed by atoms with Crippen molar-refractivity contribution >= 4 is 35.6 Å². The van der Waals surface area contributed by atoms with Gasteiger partial charge in [-0.2, -0.15) is 0 Å². The van der Waals surface area contributed by atoms with Crippen molar-refractivity contribution in [3.63, 3.8) is 0 Å². The van der Waals surface area contributed by atoms with Gasteiger partial charge in [-0.3, -0.25) is 29.0 Å². The first-order chi connectivity index (χ1) is 17.4. The van der Waals surface area contributed by atoms with E-state index in [4.69, 9.17) is 27.4 Å². The van der Waals surface area contributed by atoms with Crippen LogP contribution in [0.5, 0.6) is 0 Å². The number of benzene rings is 1. The summed E-state index contributed by atoms with van der Waals surface area (Å²) in [5.41, 5.74) is 17.2. The number of hydrogen-bond donors (Lipinski definition) is 8. The summed E-state index contributed by atoms with van der Waals surface area (Å²) in [6.45, 7) is 1.50. The molecule has 1 rings (SSSR count). The van der Waals surface area contributed by atoms with Crippen molar-refractivity contribution in [3.8, 4) is 0 Å². The van der Waals surface area contributed by atoms with Crippen LogP contribution in [-0.4, -0.2) is 76.5 Å². The van der Waals surface area contributed by atoms with Crippen molar-refractivity contribution in [2.75, 3.05) is 6.54 Å². The fourth-order valence-corrected chi connectivity index (χ4v) is 3.17. The summed E-state index contributed by atoms with van der Waals surface area (Å²) in [7, 11) is 0. The highest BCUT2D eigenvalue weighted by molar-refractivity contribution is 5.94. The van der Waals surface area contributed by atoms with E-state index in [0.717, 1.165) is 0 Å². The Morgan fingerprint density at radius 2 is 1.49 bits per heavy atom. The lowest BCUT2D eigenvalue weighted by atomic mass is 10.0. The fourth-order valence-electron chi connectivity index (χ4n) is 3.17. The van der Waals surface area contributed by atoms with E-state index in [9.17, 15) is 24.0 Å². The standard InChI is InChI=1S/C23H35N7O7/c1-13(22(36)37)28-20(34)16(9-10-18(31)32)29-21(35)17(12-14-6-3-2-4-7-14)30-19(33)15(24)8-5-11-27-23(25)26/h2-4,6-7,13,15-17H,5,8-12,24H2,1H3,(H,28,34)(H,29,35)(H,30,33)(H,31,32)(H,36,37)(H4,25,26,27). The molecule has 1 aromatic rings. The van der Waals surface area contributed by atoms with Gasteiger partial charge in [0.1, 0.15) is 18.1 Å². The zero-order valence-electron chi connectivity index (χ0n) is 20.6. The summed E-state index contributed by atoms with van der Waals surface area (Å²) in [4.78, 5) is 64.4. The second kappa shape index (κ2) is 15.7. The minimum Gasteiger partial charge on any atom is -0.481 e. The first kappa shape index (κ1) is 30.8. The molecule has 3 amide bonds. The summed E-state index contributed by atoms with van der Waals surface area (Å²) in [5, 5.41) is 25.3. The van der Waals surface area contributed by atoms with Gasteiger partial charge in [0.25, 0.3) is 0 Å². The van der Waals surface area contributed by atoms with Crippen molar-refractivity contribution < 1.29 is 34.2 Å². The van der Waals surface area contributed by atoms with Gasteiger partial charge >= 0.3 is 11.9 Å². The predicted octanol–water partition coefficient (Wildman–Crippen LogP) is -1.97. The molecule has 37 heavy (non-hydrogen) atoms. The van der Waals surface area contributed by atoms with E-state index in [-0.39, 0.29) is 31.8 Å². The number of carboxylic acids is 2. The van der Waals surface area contributed by atoms with Gasteiger partial charge in [0.2, 0.25) is 17.7 Å². The number of aliphatic imine (C=N–C) groups is 1. The minimum absolute atomic E-state index is 0.0535. The molecule has 14 heteroatoms. The van der Waals surface area contributed by atoms with Gasteiger partial charge in [0.05, 0.1) is 6.04 Å². The monoisotopic (exact) mass is 521 g/mol. The van der Waals surface area contributed by atoms with Crippen molar-refractivity contribution in [2.45, 2.75) is 63.2 Å². The molecule has 0 heterocycles. The van der Waals surface area contributed by atoms with Crippen LogP contribution in [0.25, 0.3) is 0 Å². The molecule has 0 aromatic heterocycles. The minimum atomic E-state index is -1.35. The maximum atomic E-state index is 13.2. The molecule has 0 aliphatic rings. The van der Waals surface area contributed by atoms with Crippen molar-refractivity contribution in [1.29, 1.82) is 0 Å². The quantitative estimate of drug-likeness (QED) is 0.0676. The third-order valence-electron chi connectivity index (χ3n) is 5.23. The lowest BCUT2D eigenvalue weighted by molar-refractivity contribution is -0.142. The highest BCUT2D eigenvalue weighted by atomic mass is 16.4. The summed E-state index contributed by atoms with van der Waals surface area (Å²) in [5.74, 6) is -4.85. The van der Waals surface area contributed by atoms with Crippen LogP contribution >= 0.6 is 0 Å². The van der Waals surface area contributed by atoms with E-state index in [1.807, 2.05) is 0 Å². The molecule has 0 saturated heterocycles. The van der Waals surface area contributed by atoms with E-state index in [1.165, 1.54) is 6.92 Å². The van der Waals surface area contributed by atoms with Gasteiger partial charge in [-0.25, -0.2) is 0 Å². The van der Waals surface area contributed by atoms with Crippen LogP contribution in [0.4, 0.5) is 0 Å². The number of nitrogens with zero attached hydrogens (tertiary/aromatic N) is 1. The molecule has 4 atom stereocenters. The normalized spacial score (nSPS) is 13.8. The molecular formula is C23H35N7O7. The number of carboxylic acid groups (broad SMARTS) is 2. The molecule has 0 aliphatic carbocycles. The number of aliphatic carboxylic acids is 2. The Kier molecular flexibility index (Phi) is 13.1. The predicted molar refractivity (Wildman–Crippen MR) is 134 cm³/mol. The van der Waals surface area contributed by atoms with Crippen LogP contribution in [-0.2, 0) is 30.4 Å². The van der Waals surface area contributed by atoms with Crippen molar-refractivity contribution in [1.82, 2.24) is 16.0 Å². The highest BCUT2D eigenvalue weighted by Gasteiger charge is 2.29. The van der Waals surface area contributed by atoms with Gasteiger partial charge in [-0.05, 0) is 31.7 Å². The van der Waals surface area contributed by atoms with E-state index < -0.39 is 60.2 Å². The van der Waals surface area contributed by atoms with E-state index in [0.29, 0.717) is 12.0 Å². The topological polar surface area (TPSA) is 252 Å². The lowest BCUT2D eigenvalue weighted by Gasteiger charge is -2.24. The maximum Gasteiger partial charge on any atom is 0.325 e. The Morgan fingerprint density at radius 1 is 0.892 bits per heavy atom. The molecule has 11 N–H and O–H groups in total. The van der Waals surface area contributed by atoms with Crippen molar-refractivity contribution in [3.05, 3.63) is 35.9 Å². The average Bonchev–Trinajstić information content (AvgIpc) is 2.83. The molecule has 0 spiro atoms. The fraction of sp³-hybridized carbons (Fsp3) is 0.478. The zero-order valence-corrected chi connectivity index (χ0v) is 20.6. The van der Waals surface area contributed by atoms with E-state index >= 15 is 0 Å². The third-order valence-corrected chi connectivity index (χ3v) is 5.23. The molecule has 4 unspecified atom stereocenters. The first-order valence-corrected chi connectivity index (χ1v) is 11.6. The summed E-state index contributed by atoms with van der Waals surface area (Å²) >= 11 is 0. The molecule has 204 valence electrons. The smallest absolute Gasteiger partial charge is 0.325 e. The van der Waals surface area contributed by atoms with Gasteiger partial charge in [-0.1, -0.05) is 30.3 Å². The number of guanidine groups is 1. The molecule has 14 nitrogen and oxygen atoms in total. The summed E-state index contributed by atoms with van der Waals surface area (Å²) < 4.78 is 0. The van der Waals surface area contributed by atoms with E-state index in [2.05, 4.69) is 20.9 Å². The Bertz CT molecular complexity index is 967. The Labute approximate surface area is 214 Å². The molecule has 0 bridgehead atoms. The largest absolute Gasteiger partial charge is 0.481 e. The average molecular weight is 522 g/mol. The van der Waals surface area contributed by atoms with Crippen LogP contribution in [0.2, 0.25) is 0 Å². The van der Waals surface area contributed by atoms with Gasteiger partial charge in [0, 0.05) is 19.4 Å². The van der Waals surface area contributed by atoms with Gasteiger partial charge in [-0.15, -0.1) is 0 Å². The van der Waals surface area contributed by atoms with Gasteiger partial charge in [0.15, 0.2) is 5.96 Å². The van der Waals surface area contributed by atoms with E-state index in [1.54, 1.807) is 30.3 Å². The number of amides is 3. The van der Waals surface area contributed by atoms with Crippen LogP contribution in [0.3, 0.4) is 0 Å². The SMILES string of the molecule is CC(NC(=O)C(CCC(=O)O)NC(=O)C(Cc1ccccc1)NC(=O)C(N)CCCN=C(N)N)C(=O)O. The maximum absolute atomic E-state index is 13.2.